The van der Waals surface area contributed by atoms with Gasteiger partial charge in [-0.3, -0.25) is 9.69 Å². The number of rotatable bonds is 5. The molecule has 0 aromatic heterocycles. The molecule has 6 nitrogen and oxygen atoms in total. The number of esters is 1. The fourth-order valence-electron chi connectivity index (χ4n) is 2.39. The first-order valence-electron chi connectivity index (χ1n) is 6.45. The Balaban J connectivity index is 2.19. The largest absolute Gasteiger partial charge is 0.463 e. The third-order valence-electron chi connectivity index (χ3n) is 3.40. The van der Waals surface area contributed by atoms with Gasteiger partial charge in [0.1, 0.15) is 13.2 Å². The van der Waals surface area contributed by atoms with Gasteiger partial charge in [-0.05, 0) is 26.7 Å². The van der Waals surface area contributed by atoms with Crippen LogP contribution in [0.15, 0.2) is 0 Å². The van der Waals surface area contributed by atoms with Gasteiger partial charge in [0, 0.05) is 18.6 Å². The molecule has 0 radical (unpaired) electrons. The van der Waals surface area contributed by atoms with Crippen LogP contribution < -0.4 is 11.1 Å². The van der Waals surface area contributed by atoms with Gasteiger partial charge in [-0.2, -0.15) is 0 Å². The van der Waals surface area contributed by atoms with Crippen LogP contribution in [0.2, 0.25) is 0 Å². The number of likely N-dealkylation sites (tertiary alicyclic amines) is 1. The molecule has 0 bridgehead atoms. The van der Waals surface area contributed by atoms with Crippen molar-refractivity contribution >= 4 is 12.0 Å². The molecule has 1 fully saturated rings. The van der Waals surface area contributed by atoms with Crippen molar-refractivity contribution in [3.63, 3.8) is 0 Å². The number of ether oxygens (including phenoxy) is 1. The predicted octanol–water partition coefficient (Wildman–Crippen LogP) is 0.461. The molecule has 1 aliphatic rings. The Bertz CT molecular complexity index is 286. The highest BCUT2D eigenvalue weighted by Crippen LogP contribution is 2.21. The van der Waals surface area contributed by atoms with Crippen LogP contribution in [-0.4, -0.2) is 48.7 Å². The molecular weight excluding hydrogens is 234 g/mol. The van der Waals surface area contributed by atoms with Crippen molar-refractivity contribution in [2.75, 3.05) is 19.7 Å². The number of amides is 2. The molecule has 2 amide bonds. The SMILES string of the molecule is CC1CCCC(C)N1CCOC(=O)CNC(N)=O. The van der Waals surface area contributed by atoms with E-state index in [9.17, 15) is 9.59 Å². The molecule has 0 saturated carbocycles. The summed E-state index contributed by atoms with van der Waals surface area (Å²) in [6.07, 6.45) is 3.66. The lowest BCUT2D eigenvalue weighted by Crippen LogP contribution is -2.45. The predicted molar refractivity (Wildman–Crippen MR) is 68.0 cm³/mol. The smallest absolute Gasteiger partial charge is 0.325 e. The summed E-state index contributed by atoms with van der Waals surface area (Å²) in [5.74, 6) is -0.453. The first-order valence-corrected chi connectivity index (χ1v) is 6.45. The van der Waals surface area contributed by atoms with E-state index in [1.807, 2.05) is 0 Å². The minimum atomic E-state index is -0.717. The van der Waals surface area contributed by atoms with Crippen molar-refractivity contribution in [3.05, 3.63) is 0 Å². The van der Waals surface area contributed by atoms with E-state index >= 15 is 0 Å². The summed E-state index contributed by atoms with van der Waals surface area (Å²) in [6.45, 7) is 5.33. The normalized spacial score (nSPS) is 24.6. The summed E-state index contributed by atoms with van der Waals surface area (Å²) < 4.78 is 5.04. The maximum absolute atomic E-state index is 11.2. The zero-order valence-corrected chi connectivity index (χ0v) is 11.1. The van der Waals surface area contributed by atoms with Crippen LogP contribution in [0.25, 0.3) is 0 Å². The molecule has 1 saturated heterocycles. The Morgan fingerprint density at radius 2 is 1.94 bits per heavy atom. The minimum Gasteiger partial charge on any atom is -0.463 e. The standard InChI is InChI=1S/C12H23N3O3/c1-9-4-3-5-10(2)15(9)6-7-18-11(16)8-14-12(13)17/h9-10H,3-8H2,1-2H3,(H3,13,14,17). The molecule has 2 unspecified atom stereocenters. The lowest BCUT2D eigenvalue weighted by Gasteiger charge is -2.38. The first-order chi connectivity index (χ1) is 8.50. The quantitative estimate of drug-likeness (QED) is 0.701. The first kappa shape index (κ1) is 14.8. The molecule has 0 spiro atoms. The zero-order chi connectivity index (χ0) is 13.5. The molecule has 0 aromatic carbocycles. The van der Waals surface area contributed by atoms with Crippen LogP contribution in [0.4, 0.5) is 4.79 Å². The van der Waals surface area contributed by atoms with Crippen LogP contribution in [0.5, 0.6) is 0 Å². The Morgan fingerprint density at radius 1 is 1.33 bits per heavy atom. The molecule has 6 heteroatoms. The van der Waals surface area contributed by atoms with Gasteiger partial charge in [0.25, 0.3) is 0 Å². The van der Waals surface area contributed by atoms with Crippen LogP contribution in [-0.2, 0) is 9.53 Å². The fourth-order valence-corrected chi connectivity index (χ4v) is 2.39. The van der Waals surface area contributed by atoms with Gasteiger partial charge in [-0.1, -0.05) is 6.42 Å². The lowest BCUT2D eigenvalue weighted by atomic mass is 9.98. The summed E-state index contributed by atoms with van der Waals surface area (Å²) in [4.78, 5) is 24.0. The van der Waals surface area contributed by atoms with Crippen molar-refractivity contribution in [2.45, 2.75) is 45.2 Å². The molecule has 1 rings (SSSR count). The van der Waals surface area contributed by atoms with Crippen molar-refractivity contribution in [3.8, 4) is 0 Å². The maximum Gasteiger partial charge on any atom is 0.325 e. The molecule has 0 aromatic rings. The second kappa shape index (κ2) is 7.20. The van der Waals surface area contributed by atoms with Crippen LogP contribution in [0, 0.1) is 0 Å². The molecule has 2 atom stereocenters. The summed E-state index contributed by atoms with van der Waals surface area (Å²) in [7, 11) is 0. The average molecular weight is 257 g/mol. The molecular formula is C12H23N3O3. The number of nitrogens with one attached hydrogen (secondary N) is 1. The highest BCUT2D eigenvalue weighted by atomic mass is 16.5. The Kier molecular flexibility index (Phi) is 5.91. The van der Waals surface area contributed by atoms with Crippen molar-refractivity contribution in [1.29, 1.82) is 0 Å². The van der Waals surface area contributed by atoms with Crippen LogP contribution >= 0.6 is 0 Å². The average Bonchev–Trinajstić information content (AvgIpc) is 2.30. The van der Waals surface area contributed by atoms with Gasteiger partial charge < -0.3 is 15.8 Å². The Hall–Kier alpha value is -1.30. The van der Waals surface area contributed by atoms with E-state index in [-0.39, 0.29) is 6.54 Å². The zero-order valence-electron chi connectivity index (χ0n) is 11.1. The number of carbonyl (C=O) groups is 2. The van der Waals surface area contributed by atoms with Crippen molar-refractivity contribution in [2.24, 2.45) is 5.73 Å². The molecule has 3 N–H and O–H groups in total. The highest BCUT2D eigenvalue weighted by molar-refractivity contribution is 5.79. The van der Waals surface area contributed by atoms with Crippen molar-refractivity contribution < 1.29 is 14.3 Å². The molecule has 1 aliphatic heterocycles. The van der Waals surface area contributed by atoms with Gasteiger partial charge >= 0.3 is 12.0 Å². The number of piperidine rings is 1. The molecule has 104 valence electrons. The maximum atomic E-state index is 11.2. The summed E-state index contributed by atoms with van der Waals surface area (Å²) in [6, 6.07) is 0.359. The molecule has 18 heavy (non-hydrogen) atoms. The lowest BCUT2D eigenvalue weighted by molar-refractivity contribution is -0.143. The van der Waals surface area contributed by atoms with Crippen LogP contribution in [0.1, 0.15) is 33.1 Å². The highest BCUT2D eigenvalue weighted by Gasteiger charge is 2.24. The number of hydrogen-bond acceptors (Lipinski definition) is 4. The van der Waals surface area contributed by atoms with Gasteiger partial charge in [0.2, 0.25) is 0 Å². The second-order valence-corrected chi connectivity index (χ2v) is 4.81. The topological polar surface area (TPSA) is 84.7 Å². The fraction of sp³-hybridized carbons (Fsp3) is 0.833. The summed E-state index contributed by atoms with van der Waals surface area (Å²) in [5, 5.41) is 2.20. The molecule has 1 heterocycles. The van der Waals surface area contributed by atoms with Gasteiger partial charge in [-0.15, -0.1) is 0 Å². The summed E-state index contributed by atoms with van der Waals surface area (Å²) >= 11 is 0. The van der Waals surface area contributed by atoms with E-state index < -0.39 is 12.0 Å². The van der Waals surface area contributed by atoms with Gasteiger partial charge in [-0.25, -0.2) is 4.79 Å². The number of hydrogen-bond donors (Lipinski definition) is 2. The second-order valence-electron chi connectivity index (χ2n) is 4.81. The monoisotopic (exact) mass is 257 g/mol. The van der Waals surface area contributed by atoms with E-state index in [1.54, 1.807) is 0 Å². The van der Waals surface area contributed by atoms with E-state index in [4.69, 9.17) is 10.5 Å². The number of urea groups is 1. The van der Waals surface area contributed by atoms with Crippen molar-refractivity contribution in [1.82, 2.24) is 10.2 Å². The summed E-state index contributed by atoms with van der Waals surface area (Å²) in [5.41, 5.74) is 4.86. The third kappa shape index (κ3) is 4.91. The minimum absolute atomic E-state index is 0.166. The number of carbonyl (C=O) groups excluding carboxylic acids is 2. The number of nitrogens with zero attached hydrogens (tertiary/aromatic N) is 1. The number of primary amides is 1. The van der Waals surface area contributed by atoms with Gasteiger partial charge in [0.15, 0.2) is 0 Å². The third-order valence-corrected chi connectivity index (χ3v) is 3.40. The number of nitrogens with two attached hydrogens (primary N) is 1. The van der Waals surface area contributed by atoms with Crippen LogP contribution in [0.3, 0.4) is 0 Å². The van der Waals surface area contributed by atoms with Gasteiger partial charge in [0.05, 0.1) is 0 Å². The Morgan fingerprint density at radius 3 is 2.50 bits per heavy atom. The van der Waals surface area contributed by atoms with E-state index in [0.29, 0.717) is 18.7 Å². The van der Waals surface area contributed by atoms with E-state index in [2.05, 4.69) is 24.1 Å². The van der Waals surface area contributed by atoms with E-state index in [1.165, 1.54) is 19.3 Å². The molecule has 0 aliphatic carbocycles. The Labute approximate surface area is 108 Å². The van der Waals surface area contributed by atoms with E-state index in [0.717, 1.165) is 6.54 Å².